The molecule has 0 fully saturated rings. The van der Waals surface area contributed by atoms with Crippen molar-refractivity contribution in [3.8, 4) is 5.75 Å². The first kappa shape index (κ1) is 18.6. The highest BCUT2D eigenvalue weighted by Gasteiger charge is 2.34. The van der Waals surface area contributed by atoms with Gasteiger partial charge in [0, 0.05) is 18.7 Å². The lowest BCUT2D eigenvalue weighted by atomic mass is 10.1. The van der Waals surface area contributed by atoms with Crippen LogP contribution in [0.2, 0.25) is 0 Å². The molecule has 2 aromatic carbocycles. The lowest BCUT2D eigenvalue weighted by Crippen LogP contribution is -2.31. The van der Waals surface area contributed by atoms with Crippen molar-refractivity contribution in [2.75, 3.05) is 11.9 Å². The van der Waals surface area contributed by atoms with Gasteiger partial charge in [0.05, 0.1) is 17.2 Å². The fourth-order valence-electron chi connectivity index (χ4n) is 2.95. The molecular formula is C21H22N2O4. The number of nitrogens with zero attached hydrogens (tertiary/aromatic N) is 1. The van der Waals surface area contributed by atoms with Crippen molar-refractivity contribution in [2.45, 2.75) is 32.8 Å². The van der Waals surface area contributed by atoms with E-state index in [-0.39, 0.29) is 36.8 Å². The predicted octanol–water partition coefficient (Wildman–Crippen LogP) is 3.49. The van der Waals surface area contributed by atoms with Crippen molar-refractivity contribution in [2.24, 2.45) is 0 Å². The Morgan fingerprint density at radius 3 is 2.15 bits per heavy atom. The first-order valence-corrected chi connectivity index (χ1v) is 8.97. The van der Waals surface area contributed by atoms with E-state index in [9.17, 15) is 14.4 Å². The number of rotatable bonds is 7. The van der Waals surface area contributed by atoms with Crippen molar-refractivity contribution in [3.05, 3.63) is 59.7 Å². The van der Waals surface area contributed by atoms with E-state index in [2.05, 4.69) is 5.32 Å². The Hall–Kier alpha value is -3.15. The average Bonchev–Trinajstić information content (AvgIpc) is 2.88. The van der Waals surface area contributed by atoms with Gasteiger partial charge in [0.1, 0.15) is 5.75 Å². The second kappa shape index (κ2) is 8.03. The number of carbonyl (C=O) groups is 3. The molecule has 1 aliphatic rings. The summed E-state index contributed by atoms with van der Waals surface area (Å²) in [5.41, 5.74) is 1.53. The maximum Gasteiger partial charge on any atom is 0.261 e. The minimum atomic E-state index is -0.295. The highest BCUT2D eigenvalue weighted by Crippen LogP contribution is 2.23. The summed E-state index contributed by atoms with van der Waals surface area (Å²) < 4.78 is 5.56. The Morgan fingerprint density at radius 1 is 1.00 bits per heavy atom. The topological polar surface area (TPSA) is 75.7 Å². The largest absolute Gasteiger partial charge is 0.491 e. The van der Waals surface area contributed by atoms with E-state index >= 15 is 0 Å². The zero-order chi connectivity index (χ0) is 19.4. The molecule has 3 amide bonds. The fourth-order valence-corrected chi connectivity index (χ4v) is 2.95. The van der Waals surface area contributed by atoms with Crippen LogP contribution in [0.15, 0.2) is 48.5 Å². The van der Waals surface area contributed by atoms with Gasteiger partial charge >= 0.3 is 0 Å². The third kappa shape index (κ3) is 4.34. The Bertz CT molecular complexity index is 824. The minimum Gasteiger partial charge on any atom is -0.491 e. The highest BCUT2D eigenvalue weighted by molar-refractivity contribution is 6.21. The maximum absolute atomic E-state index is 12.3. The van der Waals surface area contributed by atoms with Crippen LogP contribution in [-0.2, 0) is 4.79 Å². The molecule has 6 heteroatoms. The number of anilines is 1. The van der Waals surface area contributed by atoms with Gasteiger partial charge in [-0.25, -0.2) is 0 Å². The van der Waals surface area contributed by atoms with Crippen LogP contribution in [0, 0.1) is 0 Å². The summed E-state index contributed by atoms with van der Waals surface area (Å²) in [5, 5.41) is 2.80. The van der Waals surface area contributed by atoms with Crippen molar-refractivity contribution >= 4 is 23.4 Å². The summed E-state index contributed by atoms with van der Waals surface area (Å²) in [4.78, 5) is 37.9. The number of hydrogen-bond donors (Lipinski definition) is 1. The number of ether oxygens (including phenoxy) is 1. The molecule has 0 aliphatic carbocycles. The number of hydrogen-bond acceptors (Lipinski definition) is 4. The summed E-state index contributed by atoms with van der Waals surface area (Å²) in [7, 11) is 0. The van der Waals surface area contributed by atoms with Crippen LogP contribution >= 0.6 is 0 Å². The molecule has 1 heterocycles. The molecule has 0 bridgehead atoms. The number of benzene rings is 2. The van der Waals surface area contributed by atoms with Crippen LogP contribution in [0.5, 0.6) is 5.75 Å². The first-order chi connectivity index (χ1) is 13.0. The zero-order valence-electron chi connectivity index (χ0n) is 15.4. The van der Waals surface area contributed by atoms with E-state index in [0.717, 1.165) is 5.75 Å². The molecule has 1 aliphatic heterocycles. The molecule has 0 saturated carbocycles. The van der Waals surface area contributed by atoms with Gasteiger partial charge in [0.2, 0.25) is 5.91 Å². The summed E-state index contributed by atoms with van der Waals surface area (Å²) >= 11 is 0. The van der Waals surface area contributed by atoms with Crippen molar-refractivity contribution in [3.63, 3.8) is 0 Å². The number of amides is 3. The van der Waals surface area contributed by atoms with Gasteiger partial charge in [-0.1, -0.05) is 12.1 Å². The Labute approximate surface area is 158 Å². The molecule has 140 valence electrons. The molecule has 2 aromatic rings. The average molecular weight is 366 g/mol. The molecule has 3 rings (SSSR count). The van der Waals surface area contributed by atoms with Gasteiger partial charge in [-0.05, 0) is 56.7 Å². The van der Waals surface area contributed by atoms with Crippen LogP contribution < -0.4 is 10.1 Å². The van der Waals surface area contributed by atoms with Crippen LogP contribution in [0.4, 0.5) is 5.69 Å². The zero-order valence-corrected chi connectivity index (χ0v) is 15.4. The molecule has 0 saturated heterocycles. The quantitative estimate of drug-likeness (QED) is 0.761. The molecule has 1 N–H and O–H groups in total. The van der Waals surface area contributed by atoms with E-state index in [1.807, 2.05) is 13.8 Å². The third-order valence-electron chi connectivity index (χ3n) is 4.17. The molecule has 27 heavy (non-hydrogen) atoms. The van der Waals surface area contributed by atoms with E-state index in [1.165, 1.54) is 4.90 Å². The fraction of sp³-hybridized carbons (Fsp3) is 0.286. The molecule has 0 aromatic heterocycles. The Kier molecular flexibility index (Phi) is 5.54. The minimum absolute atomic E-state index is 0.0904. The molecule has 0 atom stereocenters. The molecular weight excluding hydrogens is 344 g/mol. The van der Waals surface area contributed by atoms with E-state index in [0.29, 0.717) is 23.2 Å². The van der Waals surface area contributed by atoms with Crippen molar-refractivity contribution in [1.29, 1.82) is 0 Å². The Morgan fingerprint density at radius 2 is 1.59 bits per heavy atom. The van der Waals surface area contributed by atoms with Crippen molar-refractivity contribution in [1.82, 2.24) is 4.90 Å². The molecule has 0 radical (unpaired) electrons. The van der Waals surface area contributed by atoms with E-state index < -0.39 is 0 Å². The number of carbonyl (C=O) groups excluding carboxylic acids is 3. The predicted molar refractivity (Wildman–Crippen MR) is 102 cm³/mol. The van der Waals surface area contributed by atoms with Gasteiger partial charge in [-0.2, -0.15) is 0 Å². The van der Waals surface area contributed by atoms with Crippen LogP contribution in [0.25, 0.3) is 0 Å². The standard InChI is InChI=1S/C21H22N2O4/c1-14(2)27-16-11-9-15(10-12-16)22-19(24)8-5-13-23-20(25)17-6-3-4-7-18(17)21(23)26/h3-4,6-7,9-12,14H,5,8,13H2,1-2H3,(H,22,24). The lowest BCUT2D eigenvalue weighted by molar-refractivity contribution is -0.116. The summed E-state index contributed by atoms with van der Waals surface area (Å²) in [5.74, 6) is -0.00809. The molecule has 0 spiro atoms. The summed E-state index contributed by atoms with van der Waals surface area (Å²) in [6.45, 7) is 4.12. The normalized spacial score (nSPS) is 13.1. The SMILES string of the molecule is CC(C)Oc1ccc(NC(=O)CCCN2C(=O)c3ccccc3C2=O)cc1. The highest BCUT2D eigenvalue weighted by atomic mass is 16.5. The number of nitrogens with one attached hydrogen (secondary N) is 1. The third-order valence-corrected chi connectivity index (χ3v) is 4.17. The van der Waals surface area contributed by atoms with Gasteiger partial charge < -0.3 is 10.1 Å². The van der Waals surface area contributed by atoms with Gasteiger partial charge in [-0.3, -0.25) is 19.3 Å². The second-order valence-electron chi connectivity index (χ2n) is 6.65. The number of fused-ring (bicyclic) bond motifs is 1. The maximum atomic E-state index is 12.3. The first-order valence-electron chi connectivity index (χ1n) is 8.97. The second-order valence-corrected chi connectivity index (χ2v) is 6.65. The smallest absolute Gasteiger partial charge is 0.261 e. The van der Waals surface area contributed by atoms with Crippen molar-refractivity contribution < 1.29 is 19.1 Å². The van der Waals surface area contributed by atoms with Crippen LogP contribution in [0.1, 0.15) is 47.4 Å². The van der Waals surface area contributed by atoms with Gasteiger partial charge in [0.25, 0.3) is 11.8 Å². The lowest BCUT2D eigenvalue weighted by Gasteiger charge is -2.13. The Balaban J connectivity index is 1.48. The van der Waals surface area contributed by atoms with E-state index in [4.69, 9.17) is 4.74 Å². The summed E-state index contributed by atoms with van der Waals surface area (Å²) in [6, 6.07) is 13.9. The molecule has 0 unspecified atom stereocenters. The van der Waals surface area contributed by atoms with Gasteiger partial charge in [0.15, 0.2) is 0 Å². The van der Waals surface area contributed by atoms with Crippen LogP contribution in [-0.4, -0.2) is 35.3 Å². The van der Waals surface area contributed by atoms with Crippen LogP contribution in [0.3, 0.4) is 0 Å². The summed E-state index contributed by atoms with van der Waals surface area (Å²) in [6.07, 6.45) is 0.719. The monoisotopic (exact) mass is 366 g/mol. The van der Waals surface area contributed by atoms with Gasteiger partial charge in [-0.15, -0.1) is 0 Å². The van der Waals surface area contributed by atoms with E-state index in [1.54, 1.807) is 48.5 Å². The molecule has 6 nitrogen and oxygen atoms in total. The number of imide groups is 1.